The summed E-state index contributed by atoms with van der Waals surface area (Å²) in [5, 5.41) is 20.1. The van der Waals surface area contributed by atoms with Crippen molar-refractivity contribution in [2.75, 3.05) is 19.6 Å². The van der Waals surface area contributed by atoms with Gasteiger partial charge in [-0.3, -0.25) is 0 Å². The van der Waals surface area contributed by atoms with E-state index in [1.807, 2.05) is 13.8 Å². The number of carbonyl (C=O) groups is 2. The third-order valence-corrected chi connectivity index (χ3v) is 2.69. The van der Waals surface area contributed by atoms with Crippen LogP contribution in [0.5, 0.6) is 0 Å². The van der Waals surface area contributed by atoms with Crippen LogP contribution in [0.3, 0.4) is 0 Å². The molecule has 1 heterocycles. The van der Waals surface area contributed by atoms with Crippen molar-refractivity contribution in [3.63, 3.8) is 0 Å². The average Bonchev–Trinajstić information content (AvgIpc) is 2.27. The van der Waals surface area contributed by atoms with Crippen molar-refractivity contribution in [1.82, 2.24) is 10.2 Å². The van der Waals surface area contributed by atoms with Crippen molar-refractivity contribution in [3.8, 4) is 0 Å². The maximum Gasteiger partial charge on any atom is 0.332 e. The lowest BCUT2D eigenvalue weighted by Crippen LogP contribution is -2.52. The van der Waals surface area contributed by atoms with Crippen LogP contribution in [-0.4, -0.2) is 65.1 Å². The Kier molecular flexibility index (Phi) is 5.36. The third-order valence-electron chi connectivity index (χ3n) is 2.69. The van der Waals surface area contributed by atoms with Crippen molar-refractivity contribution in [1.29, 1.82) is 0 Å². The van der Waals surface area contributed by atoms with Crippen LogP contribution < -0.4 is 5.32 Å². The average molecular weight is 260 g/mol. The first-order valence-corrected chi connectivity index (χ1v) is 5.99. The van der Waals surface area contributed by atoms with E-state index < -0.39 is 12.1 Å². The van der Waals surface area contributed by atoms with Crippen LogP contribution in [0.1, 0.15) is 20.3 Å². The van der Waals surface area contributed by atoms with Gasteiger partial charge in [0, 0.05) is 26.1 Å². The molecule has 3 atom stereocenters. The second-order valence-corrected chi connectivity index (χ2v) is 4.54. The lowest BCUT2D eigenvalue weighted by molar-refractivity contribution is -0.146. The highest BCUT2D eigenvalue weighted by atomic mass is 16.5. The second kappa shape index (κ2) is 6.55. The quantitative estimate of drug-likeness (QED) is 0.641. The summed E-state index contributed by atoms with van der Waals surface area (Å²) < 4.78 is 5.50. The molecule has 0 aromatic rings. The van der Waals surface area contributed by atoms with Gasteiger partial charge < -0.3 is 25.2 Å². The molecule has 7 heteroatoms. The normalized spacial score (nSPS) is 25.6. The molecule has 3 N–H and O–H groups in total. The number of urea groups is 1. The number of amides is 2. The topological polar surface area (TPSA) is 99.1 Å². The number of hydrogen-bond donors (Lipinski definition) is 3. The van der Waals surface area contributed by atoms with Gasteiger partial charge >= 0.3 is 12.0 Å². The zero-order chi connectivity index (χ0) is 13.7. The second-order valence-electron chi connectivity index (χ2n) is 4.54. The van der Waals surface area contributed by atoms with Gasteiger partial charge in [0.2, 0.25) is 0 Å². The predicted molar refractivity (Wildman–Crippen MR) is 63.2 cm³/mol. The Hall–Kier alpha value is -1.34. The molecule has 1 aliphatic rings. The fraction of sp³-hybridized carbons (Fsp3) is 0.818. The van der Waals surface area contributed by atoms with Crippen LogP contribution >= 0.6 is 0 Å². The fourth-order valence-electron chi connectivity index (χ4n) is 1.89. The van der Waals surface area contributed by atoms with E-state index in [2.05, 4.69) is 5.32 Å². The Bertz CT molecular complexity index is 300. The predicted octanol–water partition coefficient (Wildman–Crippen LogP) is -0.359. The van der Waals surface area contributed by atoms with E-state index in [1.165, 1.54) is 0 Å². The van der Waals surface area contributed by atoms with Crippen LogP contribution in [0.2, 0.25) is 0 Å². The first-order chi connectivity index (χ1) is 8.40. The maximum atomic E-state index is 11.8. The Morgan fingerprint density at radius 1 is 1.39 bits per heavy atom. The molecule has 18 heavy (non-hydrogen) atoms. The molecule has 0 aromatic carbocycles. The van der Waals surface area contributed by atoms with Gasteiger partial charge in [0.1, 0.15) is 0 Å². The minimum Gasteiger partial charge on any atom is -0.479 e. The lowest BCUT2D eigenvalue weighted by atomic mass is 10.2. The van der Waals surface area contributed by atoms with E-state index in [9.17, 15) is 9.59 Å². The molecule has 7 nitrogen and oxygen atoms in total. The smallest absolute Gasteiger partial charge is 0.332 e. The highest BCUT2D eigenvalue weighted by molar-refractivity contribution is 5.75. The van der Waals surface area contributed by atoms with Crippen molar-refractivity contribution in [2.24, 2.45) is 0 Å². The van der Waals surface area contributed by atoms with Gasteiger partial charge in [-0.1, -0.05) is 0 Å². The fourth-order valence-corrected chi connectivity index (χ4v) is 1.89. The molecular weight excluding hydrogens is 240 g/mol. The number of nitrogens with zero attached hydrogens (tertiary/aromatic N) is 1. The van der Waals surface area contributed by atoms with E-state index in [0.29, 0.717) is 13.1 Å². The molecule has 0 aliphatic carbocycles. The highest BCUT2D eigenvalue weighted by Crippen LogP contribution is 2.10. The standard InChI is InChI=1S/C11H20N2O5/c1-7-5-13(6-8(2)18-7)11(17)12-4-3-9(14)10(15)16/h7-9,14H,3-6H2,1-2H3,(H,12,17)(H,15,16)/t7?,8?,9-/m0/s1. The van der Waals surface area contributed by atoms with Gasteiger partial charge in [-0.2, -0.15) is 0 Å². The number of rotatable bonds is 4. The van der Waals surface area contributed by atoms with E-state index >= 15 is 0 Å². The number of nitrogens with one attached hydrogen (secondary N) is 1. The van der Waals surface area contributed by atoms with Gasteiger partial charge in [-0.15, -0.1) is 0 Å². The van der Waals surface area contributed by atoms with Crippen LogP contribution in [0.25, 0.3) is 0 Å². The van der Waals surface area contributed by atoms with Crippen molar-refractivity contribution in [2.45, 2.75) is 38.6 Å². The minimum atomic E-state index is -1.44. The molecule has 1 saturated heterocycles. The molecule has 1 rings (SSSR count). The number of carbonyl (C=O) groups excluding carboxylic acids is 1. The Balaban J connectivity index is 2.30. The molecule has 2 unspecified atom stereocenters. The minimum absolute atomic E-state index is 0.00345. The molecule has 0 spiro atoms. The number of ether oxygens (including phenoxy) is 1. The Morgan fingerprint density at radius 2 is 1.94 bits per heavy atom. The first-order valence-electron chi connectivity index (χ1n) is 5.99. The Morgan fingerprint density at radius 3 is 2.44 bits per heavy atom. The number of aliphatic hydroxyl groups excluding tert-OH is 1. The summed E-state index contributed by atoms with van der Waals surface area (Å²) in [6, 6.07) is -0.255. The molecule has 0 radical (unpaired) electrons. The van der Waals surface area contributed by atoms with E-state index in [1.54, 1.807) is 4.90 Å². The summed E-state index contributed by atoms with van der Waals surface area (Å²) >= 11 is 0. The molecule has 0 aromatic heterocycles. The summed E-state index contributed by atoms with van der Waals surface area (Å²) in [6.07, 6.45) is -1.46. The zero-order valence-corrected chi connectivity index (χ0v) is 10.6. The zero-order valence-electron chi connectivity index (χ0n) is 10.6. The first kappa shape index (κ1) is 14.7. The van der Waals surface area contributed by atoms with E-state index in [4.69, 9.17) is 14.9 Å². The molecule has 0 saturated carbocycles. The van der Waals surface area contributed by atoms with Crippen molar-refractivity contribution >= 4 is 12.0 Å². The maximum absolute atomic E-state index is 11.8. The van der Waals surface area contributed by atoms with Gasteiger partial charge in [0.15, 0.2) is 6.10 Å². The van der Waals surface area contributed by atoms with E-state index in [-0.39, 0.29) is 31.2 Å². The summed E-state index contributed by atoms with van der Waals surface area (Å²) in [5.41, 5.74) is 0. The number of aliphatic hydroxyl groups is 1. The molecule has 104 valence electrons. The summed E-state index contributed by atoms with van der Waals surface area (Å²) in [7, 11) is 0. The molecule has 2 amide bonds. The molecular formula is C11H20N2O5. The van der Waals surface area contributed by atoms with Gasteiger partial charge in [0.05, 0.1) is 12.2 Å². The molecule has 0 bridgehead atoms. The Labute approximate surface area is 106 Å². The van der Waals surface area contributed by atoms with Crippen LogP contribution in [0, 0.1) is 0 Å². The summed E-state index contributed by atoms with van der Waals surface area (Å²) in [4.78, 5) is 23.8. The van der Waals surface area contributed by atoms with Crippen molar-refractivity contribution < 1.29 is 24.5 Å². The van der Waals surface area contributed by atoms with Gasteiger partial charge in [-0.25, -0.2) is 9.59 Å². The number of hydrogen-bond acceptors (Lipinski definition) is 4. The SMILES string of the molecule is CC1CN(C(=O)NCC[C@H](O)C(=O)O)CC(C)O1. The lowest BCUT2D eigenvalue weighted by Gasteiger charge is -2.35. The number of aliphatic carboxylic acids is 1. The monoisotopic (exact) mass is 260 g/mol. The number of carboxylic acids is 1. The van der Waals surface area contributed by atoms with Gasteiger partial charge in [0.25, 0.3) is 0 Å². The summed E-state index contributed by atoms with van der Waals surface area (Å²) in [6.45, 7) is 4.94. The molecule has 1 fully saturated rings. The van der Waals surface area contributed by atoms with E-state index in [0.717, 1.165) is 0 Å². The number of morpholine rings is 1. The van der Waals surface area contributed by atoms with Crippen LogP contribution in [-0.2, 0) is 9.53 Å². The van der Waals surface area contributed by atoms with Crippen LogP contribution in [0.15, 0.2) is 0 Å². The summed E-state index contributed by atoms with van der Waals surface area (Å²) in [5.74, 6) is -1.28. The largest absolute Gasteiger partial charge is 0.479 e. The third kappa shape index (κ3) is 4.50. The van der Waals surface area contributed by atoms with Crippen LogP contribution in [0.4, 0.5) is 4.79 Å². The highest BCUT2D eigenvalue weighted by Gasteiger charge is 2.25. The molecule has 1 aliphatic heterocycles. The van der Waals surface area contributed by atoms with Gasteiger partial charge in [-0.05, 0) is 13.8 Å². The number of carboxylic acid groups (broad SMARTS) is 1. The van der Waals surface area contributed by atoms with Crippen molar-refractivity contribution in [3.05, 3.63) is 0 Å².